The van der Waals surface area contributed by atoms with Gasteiger partial charge in [-0.3, -0.25) is 4.79 Å². The largest absolute Gasteiger partial charge is 0.324 e. The Morgan fingerprint density at radius 2 is 1.66 bits per heavy atom. The molecule has 4 unspecified atom stereocenters. The lowest BCUT2D eigenvalue weighted by Gasteiger charge is -2.41. The van der Waals surface area contributed by atoms with E-state index in [2.05, 4.69) is 10.6 Å². The highest BCUT2D eigenvalue weighted by Gasteiger charge is 2.44. The summed E-state index contributed by atoms with van der Waals surface area (Å²) >= 11 is 0. The van der Waals surface area contributed by atoms with Crippen molar-refractivity contribution in [2.75, 3.05) is 24.7 Å². The fourth-order valence-electron chi connectivity index (χ4n) is 6.29. The molecular formula is C32H36F4N4O3S. The first kappa shape index (κ1) is 32.1. The first-order valence-electron chi connectivity index (χ1n) is 14.7. The summed E-state index contributed by atoms with van der Waals surface area (Å²) < 4.78 is 84.1. The van der Waals surface area contributed by atoms with Crippen molar-refractivity contribution < 1.29 is 30.8 Å². The van der Waals surface area contributed by atoms with Crippen LogP contribution in [0.5, 0.6) is 0 Å². The minimum atomic E-state index is -3.45. The number of piperazine rings is 1. The van der Waals surface area contributed by atoms with Gasteiger partial charge in [0.05, 0.1) is 12.3 Å². The molecule has 3 aromatic carbocycles. The monoisotopic (exact) mass is 632 g/mol. The van der Waals surface area contributed by atoms with E-state index in [-0.39, 0.29) is 35.3 Å². The first-order chi connectivity index (χ1) is 20.9. The van der Waals surface area contributed by atoms with E-state index in [9.17, 15) is 26.4 Å². The number of carbonyl (C=O) groups excluding carboxylic acids is 1. The topological polar surface area (TPSA) is 105 Å². The number of hydrogen-bond donors (Lipinski definition) is 3. The van der Waals surface area contributed by atoms with Crippen molar-refractivity contribution >= 4 is 21.6 Å². The number of halogens is 4. The van der Waals surface area contributed by atoms with E-state index in [4.69, 9.17) is 5.73 Å². The third kappa shape index (κ3) is 7.48. The molecule has 1 heterocycles. The Bertz CT molecular complexity index is 1580. The van der Waals surface area contributed by atoms with Crippen LogP contribution >= 0.6 is 0 Å². The van der Waals surface area contributed by atoms with Crippen LogP contribution < -0.4 is 16.4 Å². The number of rotatable bonds is 11. The van der Waals surface area contributed by atoms with Gasteiger partial charge in [-0.15, -0.1) is 0 Å². The van der Waals surface area contributed by atoms with Gasteiger partial charge in [-0.2, -0.15) is 4.31 Å². The maximum atomic E-state index is 15.1. The van der Waals surface area contributed by atoms with Gasteiger partial charge in [-0.25, -0.2) is 26.0 Å². The number of anilines is 1. The average molecular weight is 633 g/mol. The van der Waals surface area contributed by atoms with Crippen LogP contribution in [0.4, 0.5) is 23.2 Å². The third-order valence-electron chi connectivity index (χ3n) is 8.45. The summed E-state index contributed by atoms with van der Waals surface area (Å²) in [5.41, 5.74) is 7.24. The number of sulfonamides is 1. The molecule has 1 aliphatic heterocycles. The molecule has 2 fully saturated rings. The standard InChI is InChI=1S/C32H36F4N4O3S/c1-44(42,43)40-25(17-38-18-29(40)19-8-9-19)4-2-5-26-27(36)6-3-7-28(26)39-32(41)31(37)30(20-10-12-22(33)13-11-20)21-14-23(34)16-24(35)15-21/h3,6-7,10-16,19,25,29-31,38H,2,4-5,8-9,17-18,37H2,1H3,(H,39,41). The molecule has 0 radical (unpaired) electrons. The third-order valence-corrected chi connectivity index (χ3v) is 9.78. The first-order valence-corrected chi connectivity index (χ1v) is 16.5. The van der Waals surface area contributed by atoms with Gasteiger partial charge in [-0.05, 0) is 85.5 Å². The molecule has 1 amide bonds. The number of nitrogens with two attached hydrogens (primary N) is 1. The number of benzene rings is 3. The normalized spacial score (nSPS) is 20.7. The molecule has 4 N–H and O–H groups in total. The van der Waals surface area contributed by atoms with Crippen molar-refractivity contribution in [1.82, 2.24) is 9.62 Å². The fraction of sp³-hybridized carbons (Fsp3) is 0.406. The lowest BCUT2D eigenvalue weighted by molar-refractivity contribution is -0.117. The molecule has 1 aliphatic carbocycles. The number of amides is 1. The summed E-state index contributed by atoms with van der Waals surface area (Å²) in [6.45, 7) is 1.11. The smallest absolute Gasteiger partial charge is 0.242 e. The second-order valence-corrected chi connectivity index (χ2v) is 13.6. The number of nitrogens with one attached hydrogen (secondary N) is 2. The average Bonchev–Trinajstić information content (AvgIpc) is 3.80. The molecule has 236 valence electrons. The van der Waals surface area contributed by atoms with Crippen LogP contribution in [-0.4, -0.2) is 56.1 Å². The van der Waals surface area contributed by atoms with Crippen LogP contribution in [0.1, 0.15) is 48.3 Å². The van der Waals surface area contributed by atoms with Crippen LogP contribution in [0.2, 0.25) is 0 Å². The Morgan fingerprint density at radius 1 is 0.977 bits per heavy atom. The molecule has 3 aromatic rings. The van der Waals surface area contributed by atoms with Crippen molar-refractivity contribution in [3.63, 3.8) is 0 Å². The number of nitrogens with zero attached hydrogens (tertiary/aromatic N) is 1. The van der Waals surface area contributed by atoms with Gasteiger partial charge in [0.25, 0.3) is 0 Å². The van der Waals surface area contributed by atoms with Gasteiger partial charge in [0.1, 0.15) is 23.3 Å². The van der Waals surface area contributed by atoms with E-state index in [0.717, 1.165) is 37.1 Å². The molecule has 12 heteroatoms. The summed E-state index contributed by atoms with van der Waals surface area (Å²) in [4.78, 5) is 13.5. The van der Waals surface area contributed by atoms with Gasteiger partial charge >= 0.3 is 0 Å². The van der Waals surface area contributed by atoms with Gasteiger partial charge in [0, 0.05) is 48.4 Å². The SMILES string of the molecule is CS(=O)(=O)N1C(CCCc2c(F)cccc2NC(=O)C(N)C(c2ccc(F)cc2)c2cc(F)cc(F)c2)CNCC1C1CC1. The highest BCUT2D eigenvalue weighted by atomic mass is 32.2. The molecule has 1 saturated heterocycles. The predicted molar refractivity (Wildman–Crippen MR) is 160 cm³/mol. The van der Waals surface area contributed by atoms with Crippen molar-refractivity contribution in [3.05, 3.63) is 101 Å². The minimum Gasteiger partial charge on any atom is -0.324 e. The highest BCUT2D eigenvalue weighted by Crippen LogP contribution is 2.38. The maximum absolute atomic E-state index is 15.1. The second-order valence-electron chi connectivity index (χ2n) is 11.7. The predicted octanol–water partition coefficient (Wildman–Crippen LogP) is 4.68. The van der Waals surface area contributed by atoms with E-state index in [1.807, 2.05) is 0 Å². The van der Waals surface area contributed by atoms with E-state index >= 15 is 4.39 Å². The molecule has 4 atom stereocenters. The van der Waals surface area contributed by atoms with E-state index in [1.165, 1.54) is 36.6 Å². The summed E-state index contributed by atoms with van der Waals surface area (Å²) in [5, 5.41) is 6.03. The zero-order chi connectivity index (χ0) is 31.6. The van der Waals surface area contributed by atoms with Crippen LogP contribution in [0.3, 0.4) is 0 Å². The summed E-state index contributed by atoms with van der Waals surface area (Å²) in [6, 6.07) is 10.4. The van der Waals surface area contributed by atoms with Crippen molar-refractivity contribution in [3.8, 4) is 0 Å². The van der Waals surface area contributed by atoms with Gasteiger partial charge in [-0.1, -0.05) is 18.2 Å². The van der Waals surface area contributed by atoms with Crippen LogP contribution in [0.15, 0.2) is 60.7 Å². The Hall–Kier alpha value is -3.32. The zero-order valence-electron chi connectivity index (χ0n) is 24.3. The van der Waals surface area contributed by atoms with E-state index in [1.54, 1.807) is 4.31 Å². The molecule has 0 aromatic heterocycles. The molecule has 1 saturated carbocycles. The van der Waals surface area contributed by atoms with Crippen LogP contribution in [0, 0.1) is 29.2 Å². The summed E-state index contributed by atoms with van der Waals surface area (Å²) in [6.07, 6.45) is 4.39. The molecular weight excluding hydrogens is 596 g/mol. The molecule has 0 bridgehead atoms. The molecule has 44 heavy (non-hydrogen) atoms. The van der Waals surface area contributed by atoms with E-state index in [0.29, 0.717) is 43.5 Å². The quantitative estimate of drug-likeness (QED) is 0.267. The Kier molecular flexibility index (Phi) is 9.74. The minimum absolute atomic E-state index is 0.0808. The highest BCUT2D eigenvalue weighted by molar-refractivity contribution is 7.88. The molecule has 5 rings (SSSR count). The van der Waals surface area contributed by atoms with E-state index < -0.39 is 51.2 Å². The Morgan fingerprint density at radius 3 is 2.30 bits per heavy atom. The molecule has 7 nitrogen and oxygen atoms in total. The lowest BCUT2D eigenvalue weighted by atomic mass is 9.84. The molecule has 2 aliphatic rings. The lowest BCUT2D eigenvalue weighted by Crippen LogP contribution is -2.59. The fourth-order valence-corrected chi connectivity index (χ4v) is 7.75. The van der Waals surface area contributed by atoms with Gasteiger partial charge < -0.3 is 16.4 Å². The second kappa shape index (κ2) is 13.4. The number of hydrogen-bond acceptors (Lipinski definition) is 5. The van der Waals surface area contributed by atoms with Crippen molar-refractivity contribution in [2.45, 2.75) is 56.1 Å². The van der Waals surface area contributed by atoms with Crippen molar-refractivity contribution in [1.29, 1.82) is 0 Å². The van der Waals surface area contributed by atoms with Crippen LogP contribution in [-0.2, 0) is 21.2 Å². The Balaban J connectivity index is 1.33. The summed E-state index contributed by atoms with van der Waals surface area (Å²) in [7, 11) is -3.45. The summed E-state index contributed by atoms with van der Waals surface area (Å²) in [5.74, 6) is -4.24. The Labute approximate surface area is 254 Å². The zero-order valence-corrected chi connectivity index (χ0v) is 25.1. The number of carbonyl (C=O) groups is 1. The maximum Gasteiger partial charge on any atom is 0.242 e. The van der Waals surface area contributed by atoms with Gasteiger partial charge in [0.2, 0.25) is 15.9 Å². The van der Waals surface area contributed by atoms with Crippen molar-refractivity contribution in [2.24, 2.45) is 11.7 Å². The molecule has 0 spiro atoms. The van der Waals surface area contributed by atoms with Crippen LogP contribution in [0.25, 0.3) is 0 Å². The van der Waals surface area contributed by atoms with Gasteiger partial charge in [0.15, 0.2) is 0 Å².